The molecule has 0 spiro atoms. The van der Waals surface area contributed by atoms with E-state index in [1.165, 1.54) is 11.9 Å². The number of benzene rings is 1. The van der Waals surface area contributed by atoms with E-state index in [2.05, 4.69) is 9.97 Å². The van der Waals surface area contributed by atoms with Crippen molar-refractivity contribution < 1.29 is 14.3 Å². The molecule has 1 saturated heterocycles. The lowest BCUT2D eigenvalue weighted by Gasteiger charge is -2.35. The molecule has 27 heavy (non-hydrogen) atoms. The zero-order chi connectivity index (χ0) is 19.4. The highest BCUT2D eigenvalue weighted by atomic mass is 16.6. The number of ether oxygens (including phenoxy) is 2. The zero-order valence-electron chi connectivity index (χ0n) is 15.9. The van der Waals surface area contributed by atoms with Crippen LogP contribution in [0.5, 0.6) is 11.6 Å². The van der Waals surface area contributed by atoms with Crippen molar-refractivity contribution in [3.63, 3.8) is 0 Å². The molecule has 0 bridgehead atoms. The molecule has 0 saturated carbocycles. The summed E-state index contributed by atoms with van der Waals surface area (Å²) < 4.78 is 10.9. The van der Waals surface area contributed by atoms with E-state index in [9.17, 15) is 4.79 Å². The molecule has 8 heteroatoms. The Balaban J connectivity index is 1.72. The number of piperazine rings is 1. The van der Waals surface area contributed by atoms with Gasteiger partial charge in [0.1, 0.15) is 17.8 Å². The molecule has 1 aromatic heterocycles. The number of hydrogen-bond donors (Lipinski definition) is 1. The number of carbonyl (C=O) groups is 1. The maximum atomic E-state index is 11.8. The Kier molecular flexibility index (Phi) is 5.63. The van der Waals surface area contributed by atoms with E-state index in [1.807, 2.05) is 36.9 Å². The zero-order valence-corrected chi connectivity index (χ0v) is 15.9. The Labute approximate surface area is 158 Å². The monoisotopic (exact) mass is 371 g/mol. The first kappa shape index (κ1) is 18.8. The summed E-state index contributed by atoms with van der Waals surface area (Å²) in [6.45, 7) is 8.58. The highest BCUT2D eigenvalue weighted by Crippen LogP contribution is 2.32. The van der Waals surface area contributed by atoms with Crippen LogP contribution in [0.2, 0.25) is 0 Å². The van der Waals surface area contributed by atoms with Crippen LogP contribution in [0.4, 0.5) is 16.3 Å². The molecule has 2 aromatic rings. The topological polar surface area (TPSA) is 93.8 Å². The minimum atomic E-state index is -0.286. The number of nitrogen functional groups attached to an aromatic ring is 1. The molecule has 1 aliphatic rings. The minimum Gasteiger partial charge on any atom is -0.450 e. The second-order valence-corrected chi connectivity index (χ2v) is 6.44. The Hall–Kier alpha value is -3.03. The number of rotatable bonds is 4. The Morgan fingerprint density at radius 2 is 1.89 bits per heavy atom. The van der Waals surface area contributed by atoms with Gasteiger partial charge in [0.15, 0.2) is 5.82 Å². The summed E-state index contributed by atoms with van der Waals surface area (Å²) in [6, 6.07) is 5.84. The quantitative estimate of drug-likeness (QED) is 0.883. The third-order valence-electron chi connectivity index (χ3n) is 4.62. The van der Waals surface area contributed by atoms with Crippen molar-refractivity contribution >= 4 is 17.6 Å². The second kappa shape index (κ2) is 8.11. The van der Waals surface area contributed by atoms with Crippen molar-refractivity contribution in [3.05, 3.63) is 35.7 Å². The summed E-state index contributed by atoms with van der Waals surface area (Å²) in [6.07, 6.45) is 1.16. The van der Waals surface area contributed by atoms with E-state index in [1.54, 1.807) is 11.8 Å². The Morgan fingerprint density at radius 3 is 2.56 bits per heavy atom. The van der Waals surface area contributed by atoms with Crippen LogP contribution in [0.1, 0.15) is 18.1 Å². The van der Waals surface area contributed by atoms with Crippen molar-refractivity contribution in [1.29, 1.82) is 0 Å². The fourth-order valence-electron chi connectivity index (χ4n) is 2.91. The van der Waals surface area contributed by atoms with Gasteiger partial charge in [0.2, 0.25) is 5.88 Å². The average molecular weight is 371 g/mol. The maximum absolute atomic E-state index is 11.8. The predicted molar refractivity (Wildman–Crippen MR) is 103 cm³/mol. The Morgan fingerprint density at radius 1 is 1.15 bits per heavy atom. The van der Waals surface area contributed by atoms with Crippen LogP contribution in [-0.4, -0.2) is 53.7 Å². The molecule has 2 heterocycles. The molecular formula is C19H25N5O3. The van der Waals surface area contributed by atoms with Crippen LogP contribution in [0, 0.1) is 13.8 Å². The molecule has 8 nitrogen and oxygen atoms in total. The smallest absolute Gasteiger partial charge is 0.409 e. The number of nitrogens with zero attached hydrogens (tertiary/aromatic N) is 4. The van der Waals surface area contributed by atoms with Crippen LogP contribution in [-0.2, 0) is 4.74 Å². The van der Waals surface area contributed by atoms with Gasteiger partial charge in [-0.15, -0.1) is 0 Å². The first-order valence-corrected chi connectivity index (χ1v) is 9.01. The summed E-state index contributed by atoms with van der Waals surface area (Å²) in [7, 11) is 0. The number of carbonyl (C=O) groups excluding carboxylic acids is 1. The van der Waals surface area contributed by atoms with Gasteiger partial charge in [-0.2, -0.15) is 4.98 Å². The van der Waals surface area contributed by atoms with Gasteiger partial charge in [0.25, 0.3) is 0 Å². The largest absolute Gasteiger partial charge is 0.450 e. The van der Waals surface area contributed by atoms with Gasteiger partial charge in [-0.3, -0.25) is 0 Å². The summed E-state index contributed by atoms with van der Waals surface area (Å²) in [5.74, 6) is 1.63. The number of aromatic nitrogens is 2. The number of amides is 1. The van der Waals surface area contributed by atoms with Crippen molar-refractivity contribution in [1.82, 2.24) is 14.9 Å². The summed E-state index contributed by atoms with van der Waals surface area (Å²) in [5.41, 5.74) is 8.99. The molecule has 3 rings (SSSR count). The van der Waals surface area contributed by atoms with E-state index >= 15 is 0 Å². The van der Waals surface area contributed by atoms with E-state index in [-0.39, 0.29) is 6.09 Å². The summed E-state index contributed by atoms with van der Waals surface area (Å²) in [5, 5.41) is 0. The second-order valence-electron chi connectivity index (χ2n) is 6.44. The number of hydrogen-bond acceptors (Lipinski definition) is 7. The number of nitrogens with two attached hydrogens (primary N) is 1. The van der Waals surface area contributed by atoms with Crippen molar-refractivity contribution in [3.8, 4) is 11.6 Å². The SMILES string of the molecule is CCOC(=O)N1CCN(c2ncnc(Oc3ccc(C)c(C)c3)c2N)CC1. The van der Waals surface area contributed by atoms with Crippen LogP contribution < -0.4 is 15.4 Å². The Bertz CT molecular complexity index is 819. The highest BCUT2D eigenvalue weighted by molar-refractivity contribution is 5.70. The molecule has 1 amide bonds. The molecule has 144 valence electrons. The minimum absolute atomic E-state index is 0.286. The molecule has 2 N–H and O–H groups in total. The number of anilines is 2. The van der Waals surface area contributed by atoms with Gasteiger partial charge in [0, 0.05) is 26.2 Å². The predicted octanol–water partition coefficient (Wildman–Crippen LogP) is 2.75. The van der Waals surface area contributed by atoms with Gasteiger partial charge < -0.3 is 25.0 Å². The van der Waals surface area contributed by atoms with Crippen LogP contribution in [0.3, 0.4) is 0 Å². The standard InChI is InChI=1S/C19H25N5O3/c1-4-26-19(25)24-9-7-23(8-10-24)17-16(20)18(22-12-21-17)27-15-6-5-13(2)14(3)11-15/h5-6,11-12H,4,7-10,20H2,1-3H3. The van der Waals surface area contributed by atoms with Gasteiger partial charge in [-0.25, -0.2) is 9.78 Å². The molecule has 0 unspecified atom stereocenters. The fraction of sp³-hybridized carbons (Fsp3) is 0.421. The lowest BCUT2D eigenvalue weighted by molar-refractivity contribution is 0.105. The molecule has 0 aliphatic carbocycles. The molecule has 0 radical (unpaired) electrons. The third-order valence-corrected chi connectivity index (χ3v) is 4.62. The van der Waals surface area contributed by atoms with E-state index < -0.39 is 0 Å². The van der Waals surface area contributed by atoms with Crippen LogP contribution in [0.25, 0.3) is 0 Å². The first-order chi connectivity index (χ1) is 13.0. The lowest BCUT2D eigenvalue weighted by Crippen LogP contribution is -2.49. The van der Waals surface area contributed by atoms with Gasteiger partial charge in [-0.1, -0.05) is 6.07 Å². The average Bonchev–Trinajstić information content (AvgIpc) is 2.67. The van der Waals surface area contributed by atoms with Gasteiger partial charge in [-0.05, 0) is 44.0 Å². The van der Waals surface area contributed by atoms with E-state index in [0.717, 1.165) is 5.56 Å². The van der Waals surface area contributed by atoms with Gasteiger partial charge >= 0.3 is 6.09 Å². The summed E-state index contributed by atoms with van der Waals surface area (Å²) >= 11 is 0. The molecular weight excluding hydrogens is 346 g/mol. The third kappa shape index (κ3) is 4.21. The van der Waals surface area contributed by atoms with E-state index in [4.69, 9.17) is 15.2 Å². The van der Waals surface area contributed by atoms with Crippen LogP contribution >= 0.6 is 0 Å². The van der Waals surface area contributed by atoms with Crippen molar-refractivity contribution in [2.75, 3.05) is 43.4 Å². The normalized spacial score (nSPS) is 14.2. The van der Waals surface area contributed by atoms with E-state index in [0.29, 0.717) is 55.9 Å². The number of aryl methyl sites for hydroxylation is 2. The molecule has 1 aliphatic heterocycles. The fourth-order valence-corrected chi connectivity index (χ4v) is 2.91. The highest BCUT2D eigenvalue weighted by Gasteiger charge is 2.25. The summed E-state index contributed by atoms with van der Waals surface area (Å²) in [4.78, 5) is 24.0. The maximum Gasteiger partial charge on any atom is 0.409 e. The van der Waals surface area contributed by atoms with Crippen molar-refractivity contribution in [2.24, 2.45) is 0 Å². The lowest BCUT2D eigenvalue weighted by atomic mass is 10.1. The first-order valence-electron chi connectivity index (χ1n) is 9.01. The van der Waals surface area contributed by atoms with Crippen LogP contribution in [0.15, 0.2) is 24.5 Å². The van der Waals surface area contributed by atoms with Gasteiger partial charge in [0.05, 0.1) is 6.61 Å². The molecule has 1 fully saturated rings. The molecule has 1 aromatic carbocycles. The van der Waals surface area contributed by atoms with Crippen molar-refractivity contribution in [2.45, 2.75) is 20.8 Å². The molecule has 0 atom stereocenters.